The Morgan fingerprint density at radius 2 is 1.92 bits per heavy atom. The van der Waals surface area contributed by atoms with Crippen molar-refractivity contribution in [2.45, 2.75) is 38.8 Å². The lowest BCUT2D eigenvalue weighted by molar-refractivity contribution is -0.121. The molecule has 2 aromatic carbocycles. The summed E-state index contributed by atoms with van der Waals surface area (Å²) in [5.41, 5.74) is 4.83. The molecule has 5 heteroatoms. The standard InChI is InChI=1S/C20H22N2O3/c1-13(22-17-7-6-15-3-2-4-16(15)10-17)20(23)21-11-14-5-8-18-19(9-14)25-12-24-18/h5-10,13,22H,2-4,11-12H2,1H3,(H,21,23)/t13-/m0/s1. The lowest BCUT2D eigenvalue weighted by atomic mass is 10.1. The Hall–Kier alpha value is -2.69. The topological polar surface area (TPSA) is 59.6 Å². The zero-order valence-corrected chi connectivity index (χ0v) is 14.3. The molecule has 1 aliphatic carbocycles. The molecule has 0 spiro atoms. The van der Waals surface area contributed by atoms with Gasteiger partial charge in [0.1, 0.15) is 6.04 Å². The average Bonchev–Trinajstić information content (AvgIpc) is 3.27. The molecule has 0 fully saturated rings. The van der Waals surface area contributed by atoms with Crippen LogP contribution >= 0.6 is 0 Å². The van der Waals surface area contributed by atoms with Crippen LogP contribution in [0.2, 0.25) is 0 Å². The van der Waals surface area contributed by atoms with Crippen LogP contribution in [0.5, 0.6) is 11.5 Å². The molecule has 0 radical (unpaired) electrons. The van der Waals surface area contributed by atoms with Gasteiger partial charge in [0.2, 0.25) is 12.7 Å². The number of hydrogen-bond donors (Lipinski definition) is 2. The number of nitrogens with one attached hydrogen (secondary N) is 2. The lowest BCUT2D eigenvalue weighted by Crippen LogP contribution is -2.37. The summed E-state index contributed by atoms with van der Waals surface area (Å²) in [5.74, 6) is 1.45. The molecule has 2 aliphatic rings. The van der Waals surface area contributed by atoms with Gasteiger partial charge in [-0.25, -0.2) is 0 Å². The molecule has 0 unspecified atom stereocenters. The molecule has 25 heavy (non-hydrogen) atoms. The van der Waals surface area contributed by atoms with Crippen LogP contribution in [0.4, 0.5) is 5.69 Å². The van der Waals surface area contributed by atoms with Crippen LogP contribution in [0.1, 0.15) is 30.0 Å². The Balaban J connectivity index is 1.33. The Kier molecular flexibility index (Phi) is 4.22. The van der Waals surface area contributed by atoms with E-state index in [9.17, 15) is 4.79 Å². The molecule has 0 saturated carbocycles. The summed E-state index contributed by atoms with van der Waals surface area (Å²) in [7, 11) is 0. The van der Waals surface area contributed by atoms with E-state index in [0.717, 1.165) is 29.2 Å². The number of carbonyl (C=O) groups excluding carboxylic acids is 1. The third kappa shape index (κ3) is 3.40. The van der Waals surface area contributed by atoms with Crippen molar-refractivity contribution in [3.63, 3.8) is 0 Å². The van der Waals surface area contributed by atoms with Crippen LogP contribution < -0.4 is 20.1 Å². The van der Waals surface area contributed by atoms with Crippen LogP contribution in [0.15, 0.2) is 36.4 Å². The molecule has 1 aliphatic heterocycles. The van der Waals surface area contributed by atoms with Crippen molar-refractivity contribution in [3.05, 3.63) is 53.1 Å². The zero-order valence-electron chi connectivity index (χ0n) is 14.3. The monoisotopic (exact) mass is 338 g/mol. The number of amides is 1. The fourth-order valence-electron chi connectivity index (χ4n) is 3.37. The number of ether oxygens (including phenoxy) is 2. The van der Waals surface area contributed by atoms with Crippen molar-refractivity contribution < 1.29 is 14.3 Å². The minimum atomic E-state index is -0.298. The summed E-state index contributed by atoms with van der Waals surface area (Å²) in [4.78, 5) is 12.4. The van der Waals surface area contributed by atoms with Crippen LogP contribution in [-0.4, -0.2) is 18.7 Å². The van der Waals surface area contributed by atoms with Crippen molar-refractivity contribution >= 4 is 11.6 Å². The average molecular weight is 338 g/mol. The first-order valence-electron chi connectivity index (χ1n) is 8.73. The highest BCUT2D eigenvalue weighted by molar-refractivity contribution is 5.84. The second kappa shape index (κ2) is 6.67. The highest BCUT2D eigenvalue weighted by Crippen LogP contribution is 2.32. The van der Waals surface area contributed by atoms with E-state index in [1.165, 1.54) is 24.0 Å². The Bertz CT molecular complexity index is 804. The number of aryl methyl sites for hydroxylation is 2. The highest BCUT2D eigenvalue weighted by atomic mass is 16.7. The Labute approximate surface area is 147 Å². The largest absolute Gasteiger partial charge is 0.454 e. The van der Waals surface area contributed by atoms with Crippen LogP contribution in [0.25, 0.3) is 0 Å². The third-order valence-corrected chi connectivity index (χ3v) is 4.78. The minimum Gasteiger partial charge on any atom is -0.454 e. The quantitative estimate of drug-likeness (QED) is 0.880. The molecule has 2 N–H and O–H groups in total. The van der Waals surface area contributed by atoms with Gasteiger partial charge in [-0.3, -0.25) is 4.79 Å². The van der Waals surface area contributed by atoms with E-state index in [1.807, 2.05) is 25.1 Å². The fourth-order valence-corrected chi connectivity index (χ4v) is 3.37. The Morgan fingerprint density at radius 3 is 2.84 bits per heavy atom. The molecule has 0 bridgehead atoms. The molecule has 1 atom stereocenters. The van der Waals surface area contributed by atoms with Gasteiger partial charge in [0.25, 0.3) is 0 Å². The first-order chi connectivity index (χ1) is 12.2. The summed E-state index contributed by atoms with van der Waals surface area (Å²) in [5, 5.41) is 6.26. The van der Waals surface area contributed by atoms with E-state index >= 15 is 0 Å². The number of carbonyl (C=O) groups is 1. The first-order valence-corrected chi connectivity index (χ1v) is 8.73. The molecule has 0 aromatic heterocycles. The molecule has 5 nitrogen and oxygen atoms in total. The van der Waals surface area contributed by atoms with Crippen molar-refractivity contribution in [1.29, 1.82) is 0 Å². The van der Waals surface area contributed by atoms with Crippen LogP contribution in [0.3, 0.4) is 0 Å². The second-order valence-corrected chi connectivity index (χ2v) is 6.61. The molecule has 2 aromatic rings. The number of hydrogen-bond acceptors (Lipinski definition) is 4. The highest BCUT2D eigenvalue weighted by Gasteiger charge is 2.16. The van der Waals surface area contributed by atoms with Gasteiger partial charge < -0.3 is 20.1 Å². The predicted molar refractivity (Wildman–Crippen MR) is 96.0 cm³/mol. The van der Waals surface area contributed by atoms with Gasteiger partial charge >= 0.3 is 0 Å². The number of anilines is 1. The van der Waals surface area contributed by atoms with E-state index in [0.29, 0.717) is 6.54 Å². The van der Waals surface area contributed by atoms with Crippen molar-refractivity contribution in [1.82, 2.24) is 5.32 Å². The van der Waals surface area contributed by atoms with Crippen LogP contribution in [-0.2, 0) is 24.2 Å². The van der Waals surface area contributed by atoms with Crippen molar-refractivity contribution in [2.75, 3.05) is 12.1 Å². The molecular weight excluding hydrogens is 316 g/mol. The van der Waals surface area contributed by atoms with Crippen molar-refractivity contribution in [2.24, 2.45) is 0 Å². The lowest BCUT2D eigenvalue weighted by Gasteiger charge is -2.16. The van der Waals surface area contributed by atoms with E-state index in [4.69, 9.17) is 9.47 Å². The number of fused-ring (bicyclic) bond motifs is 2. The number of rotatable bonds is 5. The number of benzene rings is 2. The van der Waals surface area contributed by atoms with Gasteiger partial charge in [-0.05, 0) is 67.1 Å². The van der Waals surface area contributed by atoms with E-state index in [2.05, 4.69) is 28.8 Å². The van der Waals surface area contributed by atoms with Crippen molar-refractivity contribution in [3.8, 4) is 11.5 Å². The maximum absolute atomic E-state index is 12.4. The van der Waals surface area contributed by atoms with Gasteiger partial charge in [0.05, 0.1) is 0 Å². The van der Waals surface area contributed by atoms with Crippen LogP contribution in [0, 0.1) is 0 Å². The van der Waals surface area contributed by atoms with E-state index in [1.54, 1.807) is 0 Å². The predicted octanol–water partition coefficient (Wildman–Crippen LogP) is 3.02. The van der Waals surface area contributed by atoms with Gasteiger partial charge in [-0.1, -0.05) is 12.1 Å². The summed E-state index contributed by atoms with van der Waals surface area (Å²) < 4.78 is 10.7. The van der Waals surface area contributed by atoms with E-state index < -0.39 is 0 Å². The summed E-state index contributed by atoms with van der Waals surface area (Å²) in [6.45, 7) is 2.60. The molecule has 4 rings (SSSR count). The molecule has 1 heterocycles. The SMILES string of the molecule is C[C@H](Nc1ccc2c(c1)CCC2)C(=O)NCc1ccc2c(c1)OCO2. The van der Waals surface area contributed by atoms with Gasteiger partial charge in [-0.2, -0.15) is 0 Å². The van der Waals surface area contributed by atoms with Gasteiger partial charge in [0, 0.05) is 12.2 Å². The molecule has 1 amide bonds. The summed E-state index contributed by atoms with van der Waals surface area (Å²) >= 11 is 0. The Morgan fingerprint density at radius 1 is 1.08 bits per heavy atom. The smallest absolute Gasteiger partial charge is 0.242 e. The summed E-state index contributed by atoms with van der Waals surface area (Å²) in [6.07, 6.45) is 3.53. The van der Waals surface area contributed by atoms with Gasteiger partial charge in [-0.15, -0.1) is 0 Å². The molecule has 0 saturated heterocycles. The zero-order chi connectivity index (χ0) is 17.2. The summed E-state index contributed by atoms with van der Waals surface area (Å²) in [6, 6.07) is 11.8. The maximum Gasteiger partial charge on any atom is 0.242 e. The maximum atomic E-state index is 12.4. The van der Waals surface area contributed by atoms with Gasteiger partial charge in [0.15, 0.2) is 11.5 Å². The second-order valence-electron chi connectivity index (χ2n) is 6.61. The minimum absolute atomic E-state index is 0.0295. The molecular formula is C20H22N2O3. The van der Waals surface area contributed by atoms with E-state index in [-0.39, 0.29) is 18.7 Å². The first kappa shape index (κ1) is 15.8. The molecule has 130 valence electrons. The fraction of sp³-hybridized carbons (Fsp3) is 0.350. The third-order valence-electron chi connectivity index (χ3n) is 4.78. The normalized spacial score (nSPS) is 15.6.